The second-order valence-electron chi connectivity index (χ2n) is 7.37. The summed E-state index contributed by atoms with van der Waals surface area (Å²) < 4.78 is 28.3. The second-order valence-corrected chi connectivity index (χ2v) is 9.81. The topological polar surface area (TPSA) is 104 Å². The Labute approximate surface area is 191 Å². The maximum absolute atomic E-state index is 12.9. The number of amides is 2. The number of sulfonamides is 1. The number of thiophene rings is 1. The number of anilines is 2. The van der Waals surface area contributed by atoms with Crippen LogP contribution in [0.4, 0.5) is 11.4 Å². The van der Waals surface area contributed by atoms with Gasteiger partial charge in [-0.2, -0.15) is 11.3 Å². The number of nitrogens with one attached hydrogen (secondary N) is 3. The van der Waals surface area contributed by atoms with Crippen LogP contribution < -0.4 is 15.4 Å². The van der Waals surface area contributed by atoms with Gasteiger partial charge in [0, 0.05) is 35.3 Å². The zero-order valence-electron chi connectivity index (χ0n) is 17.8. The van der Waals surface area contributed by atoms with Crippen LogP contribution in [0.5, 0.6) is 0 Å². The first-order valence-electron chi connectivity index (χ1n) is 10.0. The van der Waals surface area contributed by atoms with E-state index in [0.717, 1.165) is 5.56 Å². The van der Waals surface area contributed by atoms with Crippen molar-refractivity contribution in [1.82, 2.24) is 5.32 Å². The van der Waals surface area contributed by atoms with E-state index in [4.69, 9.17) is 0 Å². The molecule has 1 heterocycles. The molecule has 0 fully saturated rings. The van der Waals surface area contributed by atoms with Gasteiger partial charge in [-0.1, -0.05) is 18.2 Å². The summed E-state index contributed by atoms with van der Waals surface area (Å²) in [5, 5.41) is 9.09. The number of hydrogen-bond acceptors (Lipinski definition) is 5. The van der Waals surface area contributed by atoms with Gasteiger partial charge in [-0.25, -0.2) is 8.42 Å². The summed E-state index contributed by atoms with van der Waals surface area (Å²) in [6, 6.07) is 13.6. The molecule has 9 heteroatoms. The highest BCUT2D eigenvalue weighted by molar-refractivity contribution is 7.92. The minimum Gasteiger partial charge on any atom is -0.352 e. The van der Waals surface area contributed by atoms with Gasteiger partial charge in [-0.3, -0.25) is 14.3 Å². The van der Waals surface area contributed by atoms with E-state index in [0.29, 0.717) is 35.5 Å². The molecule has 0 aliphatic heterocycles. The van der Waals surface area contributed by atoms with Crippen LogP contribution in [0, 0.1) is 13.8 Å². The fourth-order valence-electron chi connectivity index (χ4n) is 3.06. The molecule has 3 aromatic rings. The Morgan fingerprint density at radius 2 is 1.81 bits per heavy atom. The van der Waals surface area contributed by atoms with Gasteiger partial charge in [-0.15, -0.1) is 0 Å². The van der Waals surface area contributed by atoms with Gasteiger partial charge in [0.25, 0.3) is 15.9 Å². The Morgan fingerprint density at radius 1 is 1.00 bits per heavy atom. The molecule has 1 aromatic heterocycles. The summed E-state index contributed by atoms with van der Waals surface area (Å²) in [5.41, 5.74) is 2.98. The largest absolute Gasteiger partial charge is 0.352 e. The van der Waals surface area contributed by atoms with E-state index >= 15 is 0 Å². The molecule has 0 atom stereocenters. The minimum atomic E-state index is -3.82. The van der Waals surface area contributed by atoms with Crippen molar-refractivity contribution in [3.8, 4) is 0 Å². The van der Waals surface area contributed by atoms with E-state index in [1.165, 1.54) is 17.4 Å². The Kier molecular flexibility index (Phi) is 7.66. The predicted molar refractivity (Wildman–Crippen MR) is 128 cm³/mol. The molecule has 0 saturated heterocycles. The fraction of sp³-hybridized carbons (Fsp3) is 0.217. The molecule has 168 valence electrons. The SMILES string of the molecule is Cc1cccc(NS(=O)(=O)c2cc(NC(=O)CCCNC(=O)c3ccsc3)ccc2C)c1. The Balaban J connectivity index is 1.57. The van der Waals surface area contributed by atoms with Gasteiger partial charge in [0.1, 0.15) is 0 Å². The highest BCUT2D eigenvalue weighted by atomic mass is 32.2. The maximum atomic E-state index is 12.9. The number of rotatable bonds is 9. The van der Waals surface area contributed by atoms with Crippen LogP contribution in [0.3, 0.4) is 0 Å². The van der Waals surface area contributed by atoms with Gasteiger partial charge < -0.3 is 10.6 Å². The van der Waals surface area contributed by atoms with Crippen molar-refractivity contribution < 1.29 is 18.0 Å². The van der Waals surface area contributed by atoms with Crippen molar-refractivity contribution in [2.75, 3.05) is 16.6 Å². The molecular formula is C23H25N3O4S2. The molecule has 7 nitrogen and oxygen atoms in total. The average molecular weight is 472 g/mol. The van der Waals surface area contributed by atoms with Crippen LogP contribution in [0.25, 0.3) is 0 Å². The zero-order valence-corrected chi connectivity index (χ0v) is 19.5. The molecule has 3 rings (SSSR count). The minimum absolute atomic E-state index is 0.0971. The third kappa shape index (κ3) is 6.41. The van der Waals surface area contributed by atoms with E-state index in [2.05, 4.69) is 15.4 Å². The second kappa shape index (κ2) is 10.4. The van der Waals surface area contributed by atoms with Crippen LogP contribution in [-0.4, -0.2) is 26.8 Å². The number of hydrogen-bond donors (Lipinski definition) is 3. The fourth-order valence-corrected chi connectivity index (χ4v) is 5.01. The lowest BCUT2D eigenvalue weighted by atomic mass is 10.2. The maximum Gasteiger partial charge on any atom is 0.262 e. The Bertz CT molecular complexity index is 1210. The molecule has 0 aliphatic carbocycles. The number of aryl methyl sites for hydroxylation is 2. The molecule has 3 N–H and O–H groups in total. The molecule has 2 aromatic carbocycles. The summed E-state index contributed by atoms with van der Waals surface area (Å²) in [4.78, 5) is 24.3. The van der Waals surface area contributed by atoms with E-state index in [1.54, 1.807) is 48.7 Å². The van der Waals surface area contributed by atoms with Crippen molar-refractivity contribution in [3.05, 3.63) is 76.0 Å². The first-order valence-corrected chi connectivity index (χ1v) is 12.5. The lowest BCUT2D eigenvalue weighted by Crippen LogP contribution is -2.25. The molecule has 0 aliphatic rings. The van der Waals surface area contributed by atoms with Crippen LogP contribution in [0.15, 0.2) is 64.2 Å². The van der Waals surface area contributed by atoms with Crippen molar-refractivity contribution in [3.63, 3.8) is 0 Å². The highest BCUT2D eigenvalue weighted by Crippen LogP contribution is 2.23. The molecule has 2 amide bonds. The summed E-state index contributed by atoms with van der Waals surface area (Å²) >= 11 is 1.45. The highest BCUT2D eigenvalue weighted by Gasteiger charge is 2.18. The molecule has 0 bridgehead atoms. The van der Waals surface area contributed by atoms with Gasteiger partial charge in [0.2, 0.25) is 5.91 Å². The summed E-state index contributed by atoms with van der Waals surface area (Å²) in [7, 11) is -3.82. The lowest BCUT2D eigenvalue weighted by Gasteiger charge is -2.13. The van der Waals surface area contributed by atoms with E-state index in [9.17, 15) is 18.0 Å². The van der Waals surface area contributed by atoms with Gasteiger partial charge >= 0.3 is 0 Å². The summed E-state index contributed by atoms with van der Waals surface area (Å²) in [6.45, 7) is 3.95. The third-order valence-corrected chi connectivity index (χ3v) is 6.89. The molecule has 0 saturated carbocycles. The van der Waals surface area contributed by atoms with Crippen molar-refractivity contribution in [1.29, 1.82) is 0 Å². The van der Waals surface area contributed by atoms with E-state index < -0.39 is 10.0 Å². The van der Waals surface area contributed by atoms with Crippen LogP contribution in [-0.2, 0) is 14.8 Å². The smallest absolute Gasteiger partial charge is 0.262 e. The third-order valence-electron chi connectivity index (χ3n) is 4.68. The number of benzene rings is 2. The summed E-state index contributed by atoms with van der Waals surface area (Å²) in [6.07, 6.45) is 0.662. The average Bonchev–Trinajstić information content (AvgIpc) is 3.27. The Morgan fingerprint density at radius 3 is 2.53 bits per heavy atom. The lowest BCUT2D eigenvalue weighted by molar-refractivity contribution is -0.116. The van der Waals surface area contributed by atoms with Crippen LogP contribution in [0.2, 0.25) is 0 Å². The normalized spacial score (nSPS) is 11.1. The first-order chi connectivity index (χ1) is 15.2. The summed E-state index contributed by atoms with van der Waals surface area (Å²) in [5.74, 6) is -0.422. The predicted octanol–water partition coefficient (Wildman–Crippen LogP) is 4.31. The van der Waals surface area contributed by atoms with E-state index in [1.807, 2.05) is 18.4 Å². The first kappa shape index (κ1) is 23.5. The standard InChI is InChI=1S/C23H25N3O4S2/c1-16-5-3-6-20(13-16)26-32(29,30)21-14-19(9-8-17(21)2)25-22(27)7-4-11-24-23(28)18-10-12-31-15-18/h3,5-6,8-10,12-15,26H,4,7,11H2,1-2H3,(H,24,28)(H,25,27). The van der Waals surface area contributed by atoms with Crippen molar-refractivity contribution in [2.24, 2.45) is 0 Å². The monoisotopic (exact) mass is 471 g/mol. The molecule has 0 unspecified atom stereocenters. The van der Waals surface area contributed by atoms with E-state index in [-0.39, 0.29) is 23.1 Å². The zero-order chi connectivity index (χ0) is 23.1. The molecule has 32 heavy (non-hydrogen) atoms. The molecule has 0 spiro atoms. The van der Waals surface area contributed by atoms with Crippen LogP contribution in [0.1, 0.15) is 34.3 Å². The van der Waals surface area contributed by atoms with Crippen LogP contribution >= 0.6 is 11.3 Å². The Hall–Kier alpha value is -3.17. The van der Waals surface area contributed by atoms with Gasteiger partial charge in [-0.05, 0) is 67.1 Å². The molecule has 0 radical (unpaired) electrons. The van der Waals surface area contributed by atoms with Crippen molar-refractivity contribution >= 4 is 44.5 Å². The number of carbonyl (C=O) groups is 2. The quantitative estimate of drug-likeness (QED) is 0.404. The van der Waals surface area contributed by atoms with Gasteiger partial charge in [0.15, 0.2) is 0 Å². The number of carbonyl (C=O) groups excluding carboxylic acids is 2. The molecular weight excluding hydrogens is 446 g/mol. The van der Waals surface area contributed by atoms with Gasteiger partial charge in [0.05, 0.1) is 4.90 Å². The van der Waals surface area contributed by atoms with Crippen molar-refractivity contribution in [2.45, 2.75) is 31.6 Å².